The van der Waals surface area contributed by atoms with Crippen LogP contribution in [-0.2, 0) is 13.0 Å². The highest BCUT2D eigenvalue weighted by molar-refractivity contribution is 6.03. The van der Waals surface area contributed by atoms with Gasteiger partial charge in [0.2, 0.25) is 0 Å². The minimum absolute atomic E-state index is 0.00419. The van der Waals surface area contributed by atoms with Crippen molar-refractivity contribution in [2.24, 2.45) is 0 Å². The maximum atomic E-state index is 12.3. The predicted octanol–water partition coefficient (Wildman–Crippen LogP) is 2.92. The summed E-state index contributed by atoms with van der Waals surface area (Å²) in [5.74, 6) is -0.191. The number of amides is 1. The normalized spacial score (nSPS) is 10.4. The number of benzene rings is 1. The van der Waals surface area contributed by atoms with E-state index in [0.29, 0.717) is 23.5 Å². The van der Waals surface area contributed by atoms with Crippen molar-refractivity contribution in [2.45, 2.75) is 33.7 Å². The first-order chi connectivity index (χ1) is 10.0. The van der Waals surface area contributed by atoms with E-state index in [1.54, 1.807) is 28.9 Å². The molecule has 2 rings (SSSR count). The van der Waals surface area contributed by atoms with Crippen molar-refractivity contribution in [3.05, 3.63) is 47.3 Å². The van der Waals surface area contributed by atoms with Crippen molar-refractivity contribution >= 4 is 17.4 Å². The number of Topliss-reactive ketones (excluding diaryl/α,β-unsaturated/α-hetero) is 1. The third-order valence-corrected chi connectivity index (χ3v) is 3.27. The molecule has 1 aromatic carbocycles. The number of ketones is 1. The van der Waals surface area contributed by atoms with E-state index in [2.05, 4.69) is 10.4 Å². The van der Waals surface area contributed by atoms with Crippen molar-refractivity contribution < 1.29 is 9.59 Å². The van der Waals surface area contributed by atoms with Gasteiger partial charge in [0, 0.05) is 17.8 Å². The van der Waals surface area contributed by atoms with Gasteiger partial charge in [-0.05, 0) is 50.6 Å². The fourth-order valence-corrected chi connectivity index (χ4v) is 2.05. The summed E-state index contributed by atoms with van der Waals surface area (Å²) in [5.41, 5.74) is 2.73. The van der Waals surface area contributed by atoms with Crippen LogP contribution in [0.2, 0.25) is 0 Å². The lowest BCUT2D eigenvalue weighted by Crippen LogP contribution is -2.17. The first kappa shape index (κ1) is 15.0. The molecule has 1 amide bonds. The number of anilines is 1. The molecular formula is C16H19N3O2. The molecule has 0 aliphatic carbocycles. The first-order valence-electron chi connectivity index (χ1n) is 7.04. The third-order valence-electron chi connectivity index (χ3n) is 3.27. The zero-order valence-electron chi connectivity index (χ0n) is 12.5. The molecule has 0 saturated carbocycles. The number of hydrogen-bond acceptors (Lipinski definition) is 3. The number of rotatable bonds is 5. The Morgan fingerprint density at radius 2 is 1.86 bits per heavy atom. The number of nitrogens with one attached hydrogen (secondary N) is 1. The van der Waals surface area contributed by atoms with E-state index in [9.17, 15) is 9.59 Å². The van der Waals surface area contributed by atoms with E-state index < -0.39 is 0 Å². The zero-order chi connectivity index (χ0) is 15.4. The van der Waals surface area contributed by atoms with Gasteiger partial charge in [0.1, 0.15) is 5.69 Å². The molecule has 0 fully saturated rings. The molecule has 2 aromatic rings. The Morgan fingerprint density at radius 3 is 2.38 bits per heavy atom. The number of carbonyl (C=O) groups is 2. The number of aryl methyl sites for hydroxylation is 2. The SMILES string of the molecule is CCc1cc(C(=O)Nc2ccc(C(C)=O)cc2)n(CC)n1. The topological polar surface area (TPSA) is 64.0 Å². The zero-order valence-corrected chi connectivity index (χ0v) is 12.5. The van der Waals surface area contributed by atoms with Crippen molar-refractivity contribution in [1.29, 1.82) is 0 Å². The first-order valence-corrected chi connectivity index (χ1v) is 7.04. The molecular weight excluding hydrogens is 266 g/mol. The summed E-state index contributed by atoms with van der Waals surface area (Å²) in [6, 6.07) is 8.66. The van der Waals surface area contributed by atoms with Crippen LogP contribution in [0.4, 0.5) is 5.69 Å². The Hall–Kier alpha value is -2.43. The molecule has 0 spiro atoms. The highest BCUT2D eigenvalue weighted by atomic mass is 16.2. The van der Waals surface area contributed by atoms with Crippen molar-refractivity contribution in [1.82, 2.24) is 9.78 Å². The molecule has 0 aliphatic rings. The molecule has 1 N–H and O–H groups in total. The van der Waals surface area contributed by atoms with Crippen molar-refractivity contribution in [3.8, 4) is 0 Å². The van der Waals surface area contributed by atoms with E-state index in [1.807, 2.05) is 19.9 Å². The van der Waals surface area contributed by atoms with Crippen LogP contribution in [0, 0.1) is 0 Å². The maximum Gasteiger partial charge on any atom is 0.273 e. The third kappa shape index (κ3) is 3.37. The standard InChI is InChI=1S/C16H19N3O2/c1-4-13-10-15(19(5-2)18-13)16(21)17-14-8-6-12(7-9-14)11(3)20/h6-10H,4-5H2,1-3H3,(H,17,21). The molecule has 5 heteroatoms. The van der Waals surface area contributed by atoms with Crippen LogP contribution >= 0.6 is 0 Å². The van der Waals surface area contributed by atoms with Crippen LogP contribution in [0.5, 0.6) is 0 Å². The summed E-state index contributed by atoms with van der Waals surface area (Å²) in [6.07, 6.45) is 0.792. The summed E-state index contributed by atoms with van der Waals surface area (Å²) in [4.78, 5) is 23.5. The fourth-order valence-electron chi connectivity index (χ4n) is 2.05. The van der Waals surface area contributed by atoms with Gasteiger partial charge < -0.3 is 5.32 Å². The molecule has 0 atom stereocenters. The Balaban J connectivity index is 2.17. The Kier molecular flexibility index (Phi) is 4.52. The quantitative estimate of drug-likeness (QED) is 0.859. The largest absolute Gasteiger partial charge is 0.321 e. The van der Waals surface area contributed by atoms with Gasteiger partial charge >= 0.3 is 0 Å². The molecule has 0 saturated heterocycles. The number of hydrogen-bond donors (Lipinski definition) is 1. The number of carbonyl (C=O) groups excluding carboxylic acids is 2. The Bertz CT molecular complexity index is 657. The van der Waals surface area contributed by atoms with Crippen LogP contribution in [-0.4, -0.2) is 21.5 Å². The van der Waals surface area contributed by atoms with Crippen LogP contribution < -0.4 is 5.32 Å². The Morgan fingerprint density at radius 1 is 1.19 bits per heavy atom. The van der Waals surface area contributed by atoms with Crippen molar-refractivity contribution in [3.63, 3.8) is 0 Å². The maximum absolute atomic E-state index is 12.3. The average Bonchev–Trinajstić information content (AvgIpc) is 2.91. The predicted molar refractivity (Wildman–Crippen MR) is 81.7 cm³/mol. The summed E-state index contributed by atoms with van der Waals surface area (Å²) >= 11 is 0. The second-order valence-electron chi connectivity index (χ2n) is 4.78. The smallest absolute Gasteiger partial charge is 0.273 e. The summed E-state index contributed by atoms with van der Waals surface area (Å²) < 4.78 is 1.69. The molecule has 0 radical (unpaired) electrons. The lowest BCUT2D eigenvalue weighted by atomic mass is 10.1. The molecule has 21 heavy (non-hydrogen) atoms. The van der Waals surface area contributed by atoms with E-state index in [4.69, 9.17) is 0 Å². The van der Waals surface area contributed by atoms with E-state index in [1.165, 1.54) is 6.92 Å². The second-order valence-corrected chi connectivity index (χ2v) is 4.78. The van der Waals surface area contributed by atoms with Gasteiger partial charge in [-0.15, -0.1) is 0 Å². The highest BCUT2D eigenvalue weighted by Crippen LogP contribution is 2.13. The van der Waals surface area contributed by atoms with Gasteiger partial charge in [-0.25, -0.2) is 0 Å². The summed E-state index contributed by atoms with van der Waals surface area (Å²) in [6.45, 7) is 6.11. The Labute approximate surface area is 124 Å². The number of aromatic nitrogens is 2. The van der Waals surface area contributed by atoms with Crippen LogP contribution in [0.1, 0.15) is 47.3 Å². The van der Waals surface area contributed by atoms with Crippen LogP contribution in [0.3, 0.4) is 0 Å². The lowest BCUT2D eigenvalue weighted by molar-refractivity contribution is 0.101. The monoisotopic (exact) mass is 285 g/mol. The van der Waals surface area contributed by atoms with Gasteiger partial charge in [0.25, 0.3) is 5.91 Å². The fraction of sp³-hybridized carbons (Fsp3) is 0.312. The van der Waals surface area contributed by atoms with Gasteiger partial charge in [-0.3, -0.25) is 14.3 Å². The summed E-state index contributed by atoms with van der Waals surface area (Å²) in [7, 11) is 0. The molecule has 0 aliphatic heterocycles. The van der Waals surface area contributed by atoms with Crippen LogP contribution in [0.15, 0.2) is 30.3 Å². The highest BCUT2D eigenvalue weighted by Gasteiger charge is 2.14. The molecule has 0 bridgehead atoms. The van der Waals surface area contributed by atoms with E-state index >= 15 is 0 Å². The van der Waals surface area contributed by atoms with Gasteiger partial charge in [-0.1, -0.05) is 6.92 Å². The second kappa shape index (κ2) is 6.35. The van der Waals surface area contributed by atoms with Gasteiger partial charge in [0.15, 0.2) is 5.78 Å². The van der Waals surface area contributed by atoms with Crippen molar-refractivity contribution in [2.75, 3.05) is 5.32 Å². The van der Waals surface area contributed by atoms with E-state index in [-0.39, 0.29) is 11.7 Å². The van der Waals surface area contributed by atoms with Crippen LogP contribution in [0.25, 0.3) is 0 Å². The summed E-state index contributed by atoms with van der Waals surface area (Å²) in [5, 5.41) is 7.18. The molecule has 5 nitrogen and oxygen atoms in total. The minimum Gasteiger partial charge on any atom is -0.321 e. The average molecular weight is 285 g/mol. The molecule has 110 valence electrons. The van der Waals surface area contributed by atoms with E-state index in [0.717, 1.165) is 12.1 Å². The molecule has 1 aromatic heterocycles. The molecule has 0 unspecified atom stereocenters. The lowest BCUT2D eigenvalue weighted by Gasteiger charge is -2.07. The van der Waals surface area contributed by atoms with Gasteiger partial charge in [-0.2, -0.15) is 5.10 Å². The molecule has 1 heterocycles. The number of nitrogens with zero attached hydrogens (tertiary/aromatic N) is 2. The van der Waals surface area contributed by atoms with Gasteiger partial charge in [0.05, 0.1) is 5.69 Å². The minimum atomic E-state index is -0.195.